The lowest BCUT2D eigenvalue weighted by Gasteiger charge is -2.19. The largest absolute Gasteiger partial charge is 0.438 e. The summed E-state index contributed by atoms with van der Waals surface area (Å²) in [4.78, 5) is 17.8. The Morgan fingerprint density at radius 2 is 1.94 bits per heavy atom. The van der Waals surface area contributed by atoms with Crippen molar-refractivity contribution in [2.45, 2.75) is 13.0 Å². The number of pyridine rings is 1. The number of halogens is 1. The summed E-state index contributed by atoms with van der Waals surface area (Å²) < 4.78 is 24.6. The molecule has 1 aliphatic rings. The second kappa shape index (κ2) is 9.68. The van der Waals surface area contributed by atoms with E-state index in [1.165, 1.54) is 5.56 Å². The van der Waals surface area contributed by atoms with Gasteiger partial charge in [-0.15, -0.1) is 0 Å². The Morgan fingerprint density at radius 1 is 1.10 bits per heavy atom. The van der Waals surface area contributed by atoms with Crippen molar-refractivity contribution in [2.75, 3.05) is 26.3 Å². The van der Waals surface area contributed by atoms with Gasteiger partial charge in [0.05, 0.1) is 12.8 Å². The lowest BCUT2D eigenvalue weighted by Crippen LogP contribution is -2.25. The number of carbonyl (C=O) groups is 1. The minimum Gasteiger partial charge on any atom is -0.438 e. The monoisotopic (exact) mass is 421 g/mol. The Balaban J connectivity index is 1.49. The molecule has 0 atom stereocenters. The Bertz CT molecular complexity index is 1050. The van der Waals surface area contributed by atoms with Crippen molar-refractivity contribution in [3.8, 4) is 22.8 Å². The summed E-state index contributed by atoms with van der Waals surface area (Å²) >= 11 is 0. The highest BCUT2D eigenvalue weighted by Gasteiger charge is 2.14. The van der Waals surface area contributed by atoms with E-state index in [1.807, 2.05) is 18.2 Å². The van der Waals surface area contributed by atoms with Crippen LogP contribution in [-0.2, 0) is 11.3 Å². The molecule has 1 amide bonds. The van der Waals surface area contributed by atoms with Gasteiger partial charge in [-0.1, -0.05) is 36.4 Å². The fourth-order valence-corrected chi connectivity index (χ4v) is 3.55. The molecule has 3 aromatic rings. The number of primary amides is 1. The first kappa shape index (κ1) is 21.0. The molecule has 1 saturated heterocycles. The zero-order valence-electron chi connectivity index (χ0n) is 17.1. The molecule has 2 heterocycles. The van der Waals surface area contributed by atoms with Crippen LogP contribution in [0, 0.1) is 5.82 Å². The first-order chi connectivity index (χ1) is 15.1. The van der Waals surface area contributed by atoms with Crippen molar-refractivity contribution in [2.24, 2.45) is 5.73 Å². The van der Waals surface area contributed by atoms with Gasteiger partial charge in [-0.2, -0.15) is 0 Å². The zero-order valence-corrected chi connectivity index (χ0v) is 17.1. The van der Waals surface area contributed by atoms with Gasteiger partial charge in [-0.25, -0.2) is 9.37 Å². The summed E-state index contributed by atoms with van der Waals surface area (Å²) in [6, 6.07) is 16.8. The molecule has 4 rings (SSSR count). The van der Waals surface area contributed by atoms with Crippen molar-refractivity contribution < 1.29 is 18.7 Å². The summed E-state index contributed by atoms with van der Waals surface area (Å²) in [5, 5.41) is 0. The summed E-state index contributed by atoms with van der Waals surface area (Å²) in [5.41, 5.74) is 8.45. The fraction of sp³-hybridized carbons (Fsp3) is 0.250. The van der Waals surface area contributed by atoms with Gasteiger partial charge in [0.1, 0.15) is 17.1 Å². The number of nitrogens with zero attached hydrogens (tertiary/aromatic N) is 2. The molecular formula is C24H24FN3O3. The predicted molar refractivity (Wildman–Crippen MR) is 115 cm³/mol. The minimum absolute atomic E-state index is 0.0252. The standard InChI is InChI=1S/C24H24FN3O3/c25-20-14-22(23(26)29)24(27-15-20)31-21-4-1-3-19(13-21)18-7-5-17(6-8-18)16-28-9-2-11-30-12-10-28/h1,3-8,13-15H,2,9-12,16H2,(H2,26,29). The summed E-state index contributed by atoms with van der Waals surface area (Å²) in [6.07, 6.45) is 2.05. The number of amides is 1. The van der Waals surface area contributed by atoms with Gasteiger partial charge < -0.3 is 15.2 Å². The molecule has 2 N–H and O–H groups in total. The molecule has 0 unspecified atom stereocenters. The van der Waals surface area contributed by atoms with E-state index in [2.05, 4.69) is 34.1 Å². The maximum absolute atomic E-state index is 13.4. The van der Waals surface area contributed by atoms with E-state index in [0.717, 1.165) is 62.7 Å². The van der Waals surface area contributed by atoms with Crippen LogP contribution in [0.4, 0.5) is 4.39 Å². The number of ether oxygens (including phenoxy) is 2. The van der Waals surface area contributed by atoms with Gasteiger partial charge >= 0.3 is 0 Å². The Morgan fingerprint density at radius 3 is 2.74 bits per heavy atom. The van der Waals surface area contributed by atoms with Crippen molar-refractivity contribution in [1.82, 2.24) is 9.88 Å². The van der Waals surface area contributed by atoms with E-state index in [0.29, 0.717) is 5.75 Å². The van der Waals surface area contributed by atoms with Crippen molar-refractivity contribution in [3.63, 3.8) is 0 Å². The lowest BCUT2D eigenvalue weighted by atomic mass is 10.0. The molecule has 31 heavy (non-hydrogen) atoms. The molecule has 1 aliphatic heterocycles. The molecule has 0 bridgehead atoms. The first-order valence-corrected chi connectivity index (χ1v) is 10.2. The molecule has 160 valence electrons. The highest BCUT2D eigenvalue weighted by Crippen LogP contribution is 2.28. The molecule has 0 aliphatic carbocycles. The van der Waals surface area contributed by atoms with Gasteiger partial charge in [0.2, 0.25) is 5.88 Å². The number of carbonyl (C=O) groups excluding carboxylic acids is 1. The van der Waals surface area contributed by atoms with E-state index in [4.69, 9.17) is 15.2 Å². The third-order valence-electron chi connectivity index (χ3n) is 5.14. The molecule has 2 aromatic carbocycles. The van der Waals surface area contributed by atoms with Gasteiger partial charge in [0.25, 0.3) is 5.91 Å². The van der Waals surface area contributed by atoms with Crippen LogP contribution in [0.15, 0.2) is 60.8 Å². The number of hydrogen-bond donors (Lipinski definition) is 1. The summed E-state index contributed by atoms with van der Waals surface area (Å²) in [5.74, 6) is -0.997. The maximum Gasteiger partial charge on any atom is 0.254 e. The molecule has 0 radical (unpaired) electrons. The molecule has 1 fully saturated rings. The highest BCUT2D eigenvalue weighted by molar-refractivity contribution is 5.95. The predicted octanol–water partition coefficient (Wildman–Crippen LogP) is 4.00. The Labute approximate surface area is 180 Å². The Hall–Kier alpha value is -3.29. The number of benzene rings is 2. The molecule has 0 saturated carbocycles. The normalized spacial score (nSPS) is 14.7. The van der Waals surface area contributed by atoms with Crippen LogP contribution in [0.2, 0.25) is 0 Å². The van der Waals surface area contributed by atoms with Crippen molar-refractivity contribution >= 4 is 5.91 Å². The van der Waals surface area contributed by atoms with Gasteiger partial charge in [0, 0.05) is 26.2 Å². The Kier molecular flexibility index (Phi) is 6.54. The van der Waals surface area contributed by atoms with Crippen LogP contribution in [-0.4, -0.2) is 42.1 Å². The van der Waals surface area contributed by atoms with Gasteiger partial charge in [0.15, 0.2) is 0 Å². The summed E-state index contributed by atoms with van der Waals surface area (Å²) in [7, 11) is 0. The lowest BCUT2D eigenvalue weighted by molar-refractivity contribution is 0.0997. The van der Waals surface area contributed by atoms with Crippen LogP contribution < -0.4 is 10.5 Å². The second-order valence-corrected chi connectivity index (χ2v) is 7.44. The van der Waals surface area contributed by atoms with Crippen LogP contribution in [0.1, 0.15) is 22.3 Å². The molecular weight excluding hydrogens is 397 g/mol. The zero-order chi connectivity index (χ0) is 21.6. The molecule has 1 aromatic heterocycles. The first-order valence-electron chi connectivity index (χ1n) is 10.2. The average Bonchev–Trinajstić information content (AvgIpc) is 3.04. The summed E-state index contributed by atoms with van der Waals surface area (Å²) in [6.45, 7) is 4.52. The van der Waals surface area contributed by atoms with E-state index >= 15 is 0 Å². The van der Waals surface area contributed by atoms with E-state index in [9.17, 15) is 9.18 Å². The number of nitrogens with two attached hydrogens (primary N) is 1. The van der Waals surface area contributed by atoms with Gasteiger partial charge in [-0.05, 0) is 41.3 Å². The number of hydrogen-bond acceptors (Lipinski definition) is 5. The fourth-order valence-electron chi connectivity index (χ4n) is 3.55. The molecule has 6 nitrogen and oxygen atoms in total. The topological polar surface area (TPSA) is 77.7 Å². The number of rotatable bonds is 6. The van der Waals surface area contributed by atoms with Crippen LogP contribution >= 0.6 is 0 Å². The number of aromatic nitrogens is 1. The van der Waals surface area contributed by atoms with Gasteiger partial charge in [-0.3, -0.25) is 9.69 Å². The quantitative estimate of drug-likeness (QED) is 0.651. The molecule has 7 heteroatoms. The minimum atomic E-state index is -0.801. The van der Waals surface area contributed by atoms with E-state index < -0.39 is 11.7 Å². The third kappa shape index (κ3) is 5.45. The molecule has 0 spiro atoms. The van der Waals surface area contributed by atoms with E-state index in [1.54, 1.807) is 6.07 Å². The smallest absolute Gasteiger partial charge is 0.254 e. The van der Waals surface area contributed by atoms with Crippen LogP contribution in [0.5, 0.6) is 11.6 Å². The maximum atomic E-state index is 13.4. The highest BCUT2D eigenvalue weighted by atomic mass is 19.1. The second-order valence-electron chi connectivity index (χ2n) is 7.44. The van der Waals surface area contributed by atoms with Crippen LogP contribution in [0.3, 0.4) is 0 Å². The SMILES string of the molecule is NC(=O)c1cc(F)cnc1Oc1cccc(-c2ccc(CN3CCCOCC3)cc2)c1. The average molecular weight is 421 g/mol. The third-order valence-corrected chi connectivity index (χ3v) is 5.14. The van der Waals surface area contributed by atoms with E-state index in [-0.39, 0.29) is 11.4 Å². The van der Waals surface area contributed by atoms with Crippen LogP contribution in [0.25, 0.3) is 11.1 Å². The van der Waals surface area contributed by atoms with Crippen molar-refractivity contribution in [1.29, 1.82) is 0 Å². The van der Waals surface area contributed by atoms with Crippen molar-refractivity contribution in [3.05, 3.63) is 77.7 Å².